The van der Waals surface area contributed by atoms with Gasteiger partial charge in [-0.25, -0.2) is 0 Å². The lowest BCUT2D eigenvalue weighted by Crippen LogP contribution is -2.28. The normalized spacial score (nSPS) is 19.1. The number of benzene rings is 1. The highest BCUT2D eigenvalue weighted by Gasteiger charge is 2.24. The fraction of sp³-hybridized carbons (Fsp3) is 0.667. The number of ether oxygens (including phenoxy) is 2. The molecular weight excluding hydrogens is 262 g/mol. The minimum atomic E-state index is 0.770. The Morgan fingerprint density at radius 1 is 1.05 bits per heavy atom. The zero-order valence-corrected chi connectivity index (χ0v) is 13.3. The van der Waals surface area contributed by atoms with E-state index < -0.39 is 0 Å². The Kier molecular flexibility index (Phi) is 4.69. The van der Waals surface area contributed by atoms with Crippen LogP contribution in [0, 0.1) is 5.92 Å². The van der Waals surface area contributed by atoms with Gasteiger partial charge in [0.25, 0.3) is 0 Å². The molecule has 1 N–H and O–H groups in total. The van der Waals surface area contributed by atoms with Crippen LogP contribution in [0.2, 0.25) is 0 Å². The van der Waals surface area contributed by atoms with Gasteiger partial charge in [-0.1, -0.05) is 0 Å². The van der Waals surface area contributed by atoms with E-state index in [1.165, 1.54) is 42.4 Å². The molecule has 1 heterocycles. The Morgan fingerprint density at radius 2 is 1.76 bits per heavy atom. The van der Waals surface area contributed by atoms with Crippen molar-refractivity contribution < 1.29 is 9.47 Å². The largest absolute Gasteiger partial charge is 0.496 e. The average Bonchev–Trinajstić information content (AvgIpc) is 2.55. The van der Waals surface area contributed by atoms with E-state index in [2.05, 4.69) is 11.4 Å². The van der Waals surface area contributed by atoms with Crippen LogP contribution >= 0.6 is 0 Å². The molecule has 1 fully saturated rings. The third kappa shape index (κ3) is 3.03. The molecule has 0 amide bonds. The molecule has 0 atom stereocenters. The maximum absolute atomic E-state index is 5.81. The lowest BCUT2D eigenvalue weighted by molar-refractivity contribution is 0.354. The van der Waals surface area contributed by atoms with Gasteiger partial charge in [0.2, 0.25) is 0 Å². The van der Waals surface area contributed by atoms with Gasteiger partial charge in [-0.15, -0.1) is 0 Å². The van der Waals surface area contributed by atoms with Crippen molar-refractivity contribution >= 4 is 0 Å². The fourth-order valence-corrected chi connectivity index (χ4v) is 3.92. The van der Waals surface area contributed by atoms with E-state index in [9.17, 15) is 0 Å². The number of piperidine rings is 1. The van der Waals surface area contributed by atoms with Gasteiger partial charge in [0.15, 0.2) is 0 Å². The first kappa shape index (κ1) is 14.7. The highest BCUT2D eigenvalue weighted by molar-refractivity contribution is 5.55. The number of rotatable bonds is 4. The third-order valence-corrected chi connectivity index (χ3v) is 5.03. The maximum Gasteiger partial charge on any atom is 0.125 e. The first-order valence-corrected chi connectivity index (χ1v) is 8.29. The Morgan fingerprint density at radius 3 is 2.43 bits per heavy atom. The summed E-state index contributed by atoms with van der Waals surface area (Å²) >= 11 is 0. The van der Waals surface area contributed by atoms with Gasteiger partial charge in [0.05, 0.1) is 14.2 Å². The van der Waals surface area contributed by atoms with Crippen molar-refractivity contribution in [3.63, 3.8) is 0 Å². The molecule has 0 radical (unpaired) electrons. The molecule has 21 heavy (non-hydrogen) atoms. The van der Waals surface area contributed by atoms with Crippen molar-refractivity contribution in [2.24, 2.45) is 5.92 Å². The second-order valence-electron chi connectivity index (χ2n) is 6.33. The molecule has 1 aliphatic heterocycles. The molecule has 1 aliphatic carbocycles. The topological polar surface area (TPSA) is 30.5 Å². The molecule has 0 spiro atoms. The highest BCUT2D eigenvalue weighted by atomic mass is 16.5. The predicted octanol–water partition coefficient (Wildman–Crippen LogP) is 3.12. The summed E-state index contributed by atoms with van der Waals surface area (Å²) in [5, 5.41) is 3.45. The van der Waals surface area contributed by atoms with Gasteiger partial charge in [0, 0.05) is 11.1 Å². The number of nitrogens with one attached hydrogen (secondary N) is 1. The first-order chi connectivity index (χ1) is 10.3. The summed E-state index contributed by atoms with van der Waals surface area (Å²) < 4.78 is 11.5. The van der Waals surface area contributed by atoms with Crippen LogP contribution in [-0.4, -0.2) is 27.3 Å². The molecule has 116 valence electrons. The van der Waals surface area contributed by atoms with Crippen molar-refractivity contribution in [3.05, 3.63) is 22.8 Å². The summed E-state index contributed by atoms with van der Waals surface area (Å²) in [6, 6.07) is 2.24. The molecule has 1 saturated heterocycles. The molecule has 3 heteroatoms. The molecule has 3 rings (SSSR count). The van der Waals surface area contributed by atoms with Crippen LogP contribution in [0.15, 0.2) is 6.07 Å². The van der Waals surface area contributed by atoms with Crippen molar-refractivity contribution in [1.29, 1.82) is 0 Å². The molecule has 3 nitrogen and oxygen atoms in total. The Bertz CT molecular complexity index is 492. The van der Waals surface area contributed by atoms with E-state index in [-0.39, 0.29) is 0 Å². The van der Waals surface area contributed by atoms with Crippen LogP contribution in [0.5, 0.6) is 11.5 Å². The quantitative estimate of drug-likeness (QED) is 0.924. The van der Waals surface area contributed by atoms with Crippen LogP contribution in [0.1, 0.15) is 42.4 Å². The molecule has 0 aromatic heterocycles. The lowest BCUT2D eigenvalue weighted by Gasteiger charge is -2.27. The molecule has 0 unspecified atom stereocenters. The fourth-order valence-electron chi connectivity index (χ4n) is 3.92. The maximum atomic E-state index is 5.81. The van der Waals surface area contributed by atoms with Crippen LogP contribution in [0.3, 0.4) is 0 Å². The minimum Gasteiger partial charge on any atom is -0.496 e. The van der Waals surface area contributed by atoms with Crippen molar-refractivity contribution in [2.75, 3.05) is 27.3 Å². The zero-order valence-electron chi connectivity index (χ0n) is 13.3. The summed E-state index contributed by atoms with van der Waals surface area (Å²) in [5.74, 6) is 2.99. The standard InChI is InChI=1S/C18H27NO2/c1-20-17-12-14(11-13-7-9-19-10-8-13)18(21-2)16-6-4-3-5-15(16)17/h12-13,19H,3-11H2,1-2H3. The molecule has 2 aliphatic rings. The number of hydrogen-bond acceptors (Lipinski definition) is 3. The van der Waals surface area contributed by atoms with E-state index in [1.54, 1.807) is 7.11 Å². The molecule has 1 aromatic carbocycles. The van der Waals surface area contributed by atoms with Crippen molar-refractivity contribution in [1.82, 2.24) is 5.32 Å². The van der Waals surface area contributed by atoms with E-state index in [4.69, 9.17) is 9.47 Å². The van der Waals surface area contributed by atoms with Gasteiger partial charge < -0.3 is 14.8 Å². The number of methoxy groups -OCH3 is 2. The monoisotopic (exact) mass is 289 g/mol. The number of fused-ring (bicyclic) bond motifs is 1. The SMILES string of the molecule is COc1cc(CC2CCNCC2)c(OC)c2c1CCCC2. The summed E-state index contributed by atoms with van der Waals surface area (Å²) in [5.41, 5.74) is 4.14. The van der Waals surface area contributed by atoms with Crippen molar-refractivity contribution in [3.8, 4) is 11.5 Å². The average molecular weight is 289 g/mol. The molecule has 0 saturated carbocycles. The van der Waals surface area contributed by atoms with Crippen LogP contribution < -0.4 is 14.8 Å². The Balaban J connectivity index is 1.94. The predicted molar refractivity (Wildman–Crippen MR) is 85.5 cm³/mol. The Hall–Kier alpha value is -1.22. The van der Waals surface area contributed by atoms with E-state index in [1.807, 2.05) is 7.11 Å². The van der Waals surface area contributed by atoms with E-state index >= 15 is 0 Å². The third-order valence-electron chi connectivity index (χ3n) is 5.03. The second-order valence-corrected chi connectivity index (χ2v) is 6.33. The van der Waals surface area contributed by atoms with Gasteiger partial charge in [0.1, 0.15) is 11.5 Å². The smallest absolute Gasteiger partial charge is 0.125 e. The summed E-state index contributed by atoms with van der Waals surface area (Å²) in [6.45, 7) is 2.30. The second kappa shape index (κ2) is 6.69. The van der Waals surface area contributed by atoms with Crippen molar-refractivity contribution in [2.45, 2.75) is 44.9 Å². The summed E-state index contributed by atoms with van der Waals surface area (Å²) in [4.78, 5) is 0. The zero-order chi connectivity index (χ0) is 14.7. The van der Waals surface area contributed by atoms with Crippen LogP contribution in [0.25, 0.3) is 0 Å². The van der Waals surface area contributed by atoms with Crippen LogP contribution in [-0.2, 0) is 19.3 Å². The molecule has 0 bridgehead atoms. The molecule has 1 aromatic rings. The molecular formula is C18H27NO2. The Labute approximate surface area is 128 Å². The minimum absolute atomic E-state index is 0.770. The highest BCUT2D eigenvalue weighted by Crippen LogP contribution is 2.40. The lowest BCUT2D eigenvalue weighted by atomic mass is 9.84. The number of hydrogen-bond donors (Lipinski definition) is 1. The van der Waals surface area contributed by atoms with Gasteiger partial charge in [-0.05, 0) is 75.6 Å². The van der Waals surface area contributed by atoms with Crippen LogP contribution in [0.4, 0.5) is 0 Å². The van der Waals surface area contributed by atoms with Gasteiger partial charge in [-0.3, -0.25) is 0 Å². The van der Waals surface area contributed by atoms with E-state index in [0.29, 0.717) is 0 Å². The van der Waals surface area contributed by atoms with E-state index in [0.717, 1.165) is 49.8 Å². The summed E-state index contributed by atoms with van der Waals surface area (Å²) in [7, 11) is 3.62. The van der Waals surface area contributed by atoms with Gasteiger partial charge >= 0.3 is 0 Å². The summed E-state index contributed by atoms with van der Waals surface area (Å²) in [6.07, 6.45) is 8.44. The van der Waals surface area contributed by atoms with Gasteiger partial charge in [-0.2, -0.15) is 0 Å². The first-order valence-electron chi connectivity index (χ1n) is 8.29.